The maximum Gasteiger partial charge on any atom is 0.191 e. The SMILES string of the molecule is CN=C(NCc1ccc(OC)cc1)NC1CCN(c2ncccc2Cl)C1. The quantitative estimate of drug-likeness (QED) is 0.623. The van der Waals surface area contributed by atoms with E-state index in [0.717, 1.165) is 37.0 Å². The Morgan fingerprint density at radius 3 is 2.85 bits per heavy atom. The summed E-state index contributed by atoms with van der Waals surface area (Å²) in [5.74, 6) is 2.50. The monoisotopic (exact) mass is 373 g/mol. The highest BCUT2D eigenvalue weighted by Crippen LogP contribution is 2.25. The minimum atomic E-state index is 0.301. The number of halogens is 1. The van der Waals surface area contributed by atoms with Crippen LogP contribution in [-0.2, 0) is 6.54 Å². The molecule has 0 radical (unpaired) electrons. The van der Waals surface area contributed by atoms with Gasteiger partial charge in [0.1, 0.15) is 11.6 Å². The second-order valence-electron chi connectivity index (χ2n) is 6.16. The molecule has 0 amide bonds. The van der Waals surface area contributed by atoms with E-state index in [1.165, 1.54) is 5.56 Å². The fraction of sp³-hybridized carbons (Fsp3) is 0.368. The molecule has 3 rings (SSSR count). The predicted octanol–water partition coefficient (Wildman–Crippen LogP) is 2.69. The first-order chi connectivity index (χ1) is 12.7. The standard InChI is InChI=1S/C19H24ClN5O/c1-21-19(23-12-14-5-7-16(26-2)8-6-14)24-15-9-11-25(13-15)18-17(20)4-3-10-22-18/h3-8,10,15H,9,11-13H2,1-2H3,(H2,21,23,24). The van der Waals surface area contributed by atoms with Gasteiger partial charge in [0.25, 0.3) is 0 Å². The van der Waals surface area contributed by atoms with E-state index in [4.69, 9.17) is 16.3 Å². The molecule has 1 aromatic carbocycles. The number of nitrogens with zero attached hydrogens (tertiary/aromatic N) is 3. The van der Waals surface area contributed by atoms with Crippen LogP contribution in [0.15, 0.2) is 47.6 Å². The van der Waals surface area contributed by atoms with Gasteiger partial charge in [-0.3, -0.25) is 4.99 Å². The summed E-state index contributed by atoms with van der Waals surface area (Å²) in [6, 6.07) is 12.0. The van der Waals surface area contributed by atoms with Crippen LogP contribution >= 0.6 is 11.6 Å². The van der Waals surface area contributed by atoms with Gasteiger partial charge < -0.3 is 20.3 Å². The van der Waals surface area contributed by atoms with Crippen LogP contribution < -0.4 is 20.3 Å². The maximum absolute atomic E-state index is 6.25. The molecule has 1 saturated heterocycles. The summed E-state index contributed by atoms with van der Waals surface area (Å²) in [7, 11) is 3.45. The van der Waals surface area contributed by atoms with Crippen molar-refractivity contribution in [2.45, 2.75) is 19.0 Å². The lowest BCUT2D eigenvalue weighted by Gasteiger charge is -2.20. The molecule has 2 N–H and O–H groups in total. The normalized spacial score (nSPS) is 17.3. The van der Waals surface area contributed by atoms with Gasteiger partial charge in [-0.2, -0.15) is 0 Å². The fourth-order valence-electron chi connectivity index (χ4n) is 3.00. The number of ether oxygens (including phenoxy) is 1. The Kier molecular flexibility index (Phi) is 6.17. The smallest absolute Gasteiger partial charge is 0.191 e. The van der Waals surface area contributed by atoms with E-state index in [9.17, 15) is 0 Å². The highest BCUT2D eigenvalue weighted by molar-refractivity contribution is 6.32. The van der Waals surface area contributed by atoms with E-state index in [2.05, 4.69) is 25.5 Å². The predicted molar refractivity (Wildman–Crippen MR) is 106 cm³/mol. The summed E-state index contributed by atoms with van der Waals surface area (Å²) in [5, 5.41) is 7.52. The summed E-state index contributed by atoms with van der Waals surface area (Å²) in [6.45, 7) is 2.47. The lowest BCUT2D eigenvalue weighted by molar-refractivity contribution is 0.414. The summed E-state index contributed by atoms with van der Waals surface area (Å²) in [4.78, 5) is 10.9. The molecule has 6 nitrogen and oxygen atoms in total. The van der Waals surface area contributed by atoms with Gasteiger partial charge >= 0.3 is 0 Å². The third kappa shape index (κ3) is 4.58. The molecule has 1 aliphatic rings. The Balaban J connectivity index is 1.51. The Labute approximate surface area is 159 Å². The van der Waals surface area contributed by atoms with E-state index in [1.54, 1.807) is 20.4 Å². The van der Waals surface area contributed by atoms with Crippen LogP contribution in [0.2, 0.25) is 5.02 Å². The van der Waals surface area contributed by atoms with Crippen molar-refractivity contribution in [3.8, 4) is 5.75 Å². The van der Waals surface area contributed by atoms with Crippen molar-refractivity contribution in [1.29, 1.82) is 0 Å². The number of rotatable bonds is 5. The number of hydrogen-bond acceptors (Lipinski definition) is 4. The minimum Gasteiger partial charge on any atom is -0.497 e. The van der Waals surface area contributed by atoms with E-state index >= 15 is 0 Å². The zero-order valence-electron chi connectivity index (χ0n) is 15.1. The first-order valence-electron chi connectivity index (χ1n) is 8.65. The number of hydrogen-bond donors (Lipinski definition) is 2. The van der Waals surface area contributed by atoms with Crippen molar-refractivity contribution in [2.24, 2.45) is 4.99 Å². The molecule has 2 aromatic rings. The molecule has 1 unspecified atom stereocenters. The van der Waals surface area contributed by atoms with Crippen LogP contribution in [0.4, 0.5) is 5.82 Å². The van der Waals surface area contributed by atoms with Gasteiger partial charge in [0.2, 0.25) is 0 Å². The van der Waals surface area contributed by atoms with E-state index in [-0.39, 0.29) is 0 Å². The number of methoxy groups -OCH3 is 1. The maximum atomic E-state index is 6.25. The number of aromatic nitrogens is 1. The zero-order valence-corrected chi connectivity index (χ0v) is 15.8. The average Bonchev–Trinajstić information content (AvgIpc) is 3.14. The minimum absolute atomic E-state index is 0.301. The van der Waals surface area contributed by atoms with Crippen LogP contribution in [0.1, 0.15) is 12.0 Å². The molecule has 2 heterocycles. The zero-order chi connectivity index (χ0) is 18.4. The Morgan fingerprint density at radius 1 is 1.35 bits per heavy atom. The van der Waals surface area contributed by atoms with E-state index in [1.807, 2.05) is 36.4 Å². The van der Waals surface area contributed by atoms with Crippen LogP contribution in [-0.4, -0.2) is 44.2 Å². The highest BCUT2D eigenvalue weighted by atomic mass is 35.5. The molecule has 1 atom stereocenters. The topological polar surface area (TPSA) is 61.8 Å². The molecular formula is C19H24ClN5O. The molecule has 0 spiro atoms. The summed E-state index contributed by atoms with van der Waals surface area (Å²) < 4.78 is 5.18. The molecule has 138 valence electrons. The van der Waals surface area contributed by atoms with Crippen LogP contribution in [0.5, 0.6) is 5.75 Å². The molecule has 0 bridgehead atoms. The molecule has 1 aromatic heterocycles. The molecule has 1 fully saturated rings. The van der Waals surface area contributed by atoms with Gasteiger partial charge in [-0.15, -0.1) is 0 Å². The number of anilines is 1. The van der Waals surface area contributed by atoms with Crippen LogP contribution in [0.25, 0.3) is 0 Å². The van der Waals surface area contributed by atoms with Gasteiger partial charge in [-0.05, 0) is 36.2 Å². The number of guanidine groups is 1. The molecule has 26 heavy (non-hydrogen) atoms. The summed E-state index contributed by atoms with van der Waals surface area (Å²) in [6.07, 6.45) is 2.79. The van der Waals surface area contributed by atoms with Crippen molar-refractivity contribution in [1.82, 2.24) is 15.6 Å². The average molecular weight is 374 g/mol. The van der Waals surface area contributed by atoms with Crippen LogP contribution in [0.3, 0.4) is 0 Å². The van der Waals surface area contributed by atoms with Gasteiger partial charge in [0.05, 0.1) is 12.1 Å². The number of benzene rings is 1. The third-order valence-electron chi connectivity index (χ3n) is 4.41. The van der Waals surface area contributed by atoms with Gasteiger partial charge in [-0.25, -0.2) is 4.98 Å². The van der Waals surface area contributed by atoms with Gasteiger partial charge in [0.15, 0.2) is 5.96 Å². The van der Waals surface area contributed by atoms with Crippen molar-refractivity contribution >= 4 is 23.4 Å². The number of pyridine rings is 1. The highest BCUT2D eigenvalue weighted by Gasteiger charge is 2.25. The largest absolute Gasteiger partial charge is 0.497 e. The van der Waals surface area contributed by atoms with Crippen molar-refractivity contribution in [2.75, 3.05) is 32.1 Å². The Hall–Kier alpha value is -2.47. The Bertz CT molecular complexity index is 750. The van der Waals surface area contributed by atoms with E-state index in [0.29, 0.717) is 17.6 Å². The van der Waals surface area contributed by atoms with Crippen molar-refractivity contribution in [3.05, 3.63) is 53.2 Å². The van der Waals surface area contributed by atoms with Crippen LogP contribution in [0, 0.1) is 0 Å². The summed E-state index contributed by atoms with van der Waals surface area (Å²) in [5.41, 5.74) is 1.17. The molecule has 0 aliphatic carbocycles. The van der Waals surface area contributed by atoms with Gasteiger partial charge in [-0.1, -0.05) is 23.7 Å². The lowest BCUT2D eigenvalue weighted by Crippen LogP contribution is -2.44. The second kappa shape index (κ2) is 8.76. The lowest BCUT2D eigenvalue weighted by atomic mass is 10.2. The van der Waals surface area contributed by atoms with Crippen molar-refractivity contribution < 1.29 is 4.74 Å². The first-order valence-corrected chi connectivity index (χ1v) is 9.03. The van der Waals surface area contributed by atoms with Gasteiger partial charge in [0, 0.05) is 38.9 Å². The fourth-order valence-corrected chi connectivity index (χ4v) is 3.24. The van der Waals surface area contributed by atoms with E-state index < -0.39 is 0 Å². The first kappa shape index (κ1) is 18.3. The molecule has 0 saturated carbocycles. The Morgan fingerprint density at radius 2 is 2.15 bits per heavy atom. The number of aliphatic imine (C=N–C) groups is 1. The second-order valence-corrected chi connectivity index (χ2v) is 6.57. The third-order valence-corrected chi connectivity index (χ3v) is 4.71. The van der Waals surface area contributed by atoms with Crippen molar-refractivity contribution in [3.63, 3.8) is 0 Å². The molecule has 1 aliphatic heterocycles. The molecular weight excluding hydrogens is 350 g/mol. The summed E-state index contributed by atoms with van der Waals surface area (Å²) >= 11 is 6.25. The molecule has 7 heteroatoms. The number of nitrogens with one attached hydrogen (secondary N) is 2.